The first-order valence-electron chi connectivity index (χ1n) is 10.0. The van der Waals surface area contributed by atoms with E-state index in [4.69, 9.17) is 0 Å². The number of benzene rings is 2. The summed E-state index contributed by atoms with van der Waals surface area (Å²) in [5, 5.41) is 11.5. The smallest absolute Gasteiger partial charge is 0.115 e. The third-order valence-electron chi connectivity index (χ3n) is 6.84. The summed E-state index contributed by atoms with van der Waals surface area (Å²) in [6.07, 6.45) is 5.19. The van der Waals surface area contributed by atoms with Crippen LogP contribution in [0.3, 0.4) is 0 Å². The summed E-state index contributed by atoms with van der Waals surface area (Å²) in [5.41, 5.74) is 5.41. The normalized spacial score (nSPS) is 24.7. The molecule has 4 heteroatoms. The van der Waals surface area contributed by atoms with E-state index in [2.05, 4.69) is 56.7 Å². The molecular weight excluding hydrogens is 412 g/mol. The fourth-order valence-corrected chi connectivity index (χ4v) is 5.86. The average Bonchev–Trinajstić information content (AvgIpc) is 3.03. The standard InChI is InChI=1S/C24H25BrN2O/c1-2-9-27-10-8-24(16-4-3-5-19(28)11-16)14-23-20(12-17(24)15-27)21-13-18(25)6-7-22(21)26-23/h2-7,11,13,17,26,28H,1,8-10,12,14-15H2/t17?,24-/m1/s1. The molecule has 2 aliphatic rings. The molecule has 2 aromatic carbocycles. The number of rotatable bonds is 3. The van der Waals surface area contributed by atoms with Gasteiger partial charge < -0.3 is 10.1 Å². The van der Waals surface area contributed by atoms with E-state index in [1.165, 1.54) is 27.7 Å². The molecule has 2 atom stereocenters. The molecule has 0 saturated carbocycles. The second-order valence-electron chi connectivity index (χ2n) is 8.35. The second kappa shape index (κ2) is 6.78. The molecule has 1 aliphatic carbocycles. The maximum Gasteiger partial charge on any atom is 0.115 e. The van der Waals surface area contributed by atoms with Crippen molar-refractivity contribution in [1.82, 2.24) is 9.88 Å². The van der Waals surface area contributed by atoms with E-state index in [0.717, 1.165) is 43.4 Å². The minimum atomic E-state index is 0.0710. The summed E-state index contributed by atoms with van der Waals surface area (Å²) in [4.78, 5) is 6.23. The van der Waals surface area contributed by atoms with Gasteiger partial charge in [0.15, 0.2) is 0 Å². The number of piperidine rings is 1. The van der Waals surface area contributed by atoms with Gasteiger partial charge in [-0.15, -0.1) is 6.58 Å². The van der Waals surface area contributed by atoms with E-state index in [1.54, 1.807) is 6.07 Å². The Bertz CT molecular complexity index is 1060. The molecule has 1 aliphatic heterocycles. The molecule has 2 N–H and O–H groups in total. The monoisotopic (exact) mass is 436 g/mol. The number of halogens is 1. The Morgan fingerprint density at radius 2 is 2.18 bits per heavy atom. The van der Waals surface area contributed by atoms with Crippen LogP contribution in [0.4, 0.5) is 0 Å². The number of aromatic amines is 1. The van der Waals surface area contributed by atoms with Crippen molar-refractivity contribution in [2.45, 2.75) is 24.7 Å². The molecule has 1 unspecified atom stereocenters. The summed E-state index contributed by atoms with van der Waals surface area (Å²) in [6, 6.07) is 14.5. The van der Waals surface area contributed by atoms with Crippen LogP contribution in [0.2, 0.25) is 0 Å². The Balaban J connectivity index is 1.64. The highest BCUT2D eigenvalue weighted by atomic mass is 79.9. The number of aromatic hydroxyl groups is 1. The Labute approximate surface area is 174 Å². The molecule has 1 aromatic heterocycles. The number of hydrogen-bond donors (Lipinski definition) is 2. The van der Waals surface area contributed by atoms with Crippen LogP contribution in [0.5, 0.6) is 5.75 Å². The zero-order valence-corrected chi connectivity index (χ0v) is 17.5. The number of H-pyrrole nitrogens is 1. The van der Waals surface area contributed by atoms with Gasteiger partial charge in [-0.2, -0.15) is 0 Å². The topological polar surface area (TPSA) is 39.3 Å². The highest BCUT2D eigenvalue weighted by Gasteiger charge is 2.47. The number of hydrogen-bond acceptors (Lipinski definition) is 2. The van der Waals surface area contributed by atoms with Crippen molar-refractivity contribution < 1.29 is 5.11 Å². The molecule has 0 spiro atoms. The summed E-state index contributed by atoms with van der Waals surface area (Å²) in [7, 11) is 0. The van der Waals surface area contributed by atoms with Crippen molar-refractivity contribution in [3.63, 3.8) is 0 Å². The van der Waals surface area contributed by atoms with Crippen LogP contribution in [0.15, 0.2) is 59.6 Å². The fourth-order valence-electron chi connectivity index (χ4n) is 5.50. The largest absolute Gasteiger partial charge is 0.508 e. The quantitative estimate of drug-likeness (QED) is 0.555. The number of phenolic OH excluding ortho intramolecular Hbond substituents is 1. The van der Waals surface area contributed by atoms with Gasteiger partial charge in [0.05, 0.1) is 0 Å². The molecule has 0 radical (unpaired) electrons. The Kier molecular flexibility index (Phi) is 4.37. The Morgan fingerprint density at radius 1 is 1.29 bits per heavy atom. The van der Waals surface area contributed by atoms with E-state index in [-0.39, 0.29) is 5.41 Å². The van der Waals surface area contributed by atoms with E-state index < -0.39 is 0 Å². The van der Waals surface area contributed by atoms with Crippen molar-refractivity contribution in [3.8, 4) is 5.75 Å². The lowest BCUT2D eigenvalue weighted by atomic mass is 9.58. The maximum atomic E-state index is 10.2. The number of nitrogens with one attached hydrogen (secondary N) is 1. The number of phenols is 1. The van der Waals surface area contributed by atoms with Gasteiger partial charge in [-0.3, -0.25) is 4.90 Å². The van der Waals surface area contributed by atoms with Gasteiger partial charge in [0.25, 0.3) is 0 Å². The van der Waals surface area contributed by atoms with Gasteiger partial charge in [-0.25, -0.2) is 0 Å². The zero-order chi connectivity index (χ0) is 19.3. The first kappa shape index (κ1) is 18.0. The van der Waals surface area contributed by atoms with Gasteiger partial charge in [0.2, 0.25) is 0 Å². The van der Waals surface area contributed by atoms with Crippen LogP contribution in [0.1, 0.15) is 23.2 Å². The maximum absolute atomic E-state index is 10.2. The van der Waals surface area contributed by atoms with Gasteiger partial charge in [0.1, 0.15) is 5.75 Å². The van der Waals surface area contributed by atoms with Crippen molar-refractivity contribution in [2.75, 3.05) is 19.6 Å². The first-order chi connectivity index (χ1) is 13.6. The summed E-state index contributed by atoms with van der Waals surface area (Å²) < 4.78 is 1.13. The lowest BCUT2D eigenvalue weighted by Crippen LogP contribution is -2.53. The molecule has 3 aromatic rings. The molecular formula is C24H25BrN2O. The highest BCUT2D eigenvalue weighted by Crippen LogP contribution is 2.49. The number of likely N-dealkylation sites (tertiary alicyclic amines) is 1. The van der Waals surface area contributed by atoms with Crippen molar-refractivity contribution in [3.05, 3.63) is 76.4 Å². The molecule has 3 nitrogen and oxygen atoms in total. The molecule has 1 saturated heterocycles. The van der Waals surface area contributed by atoms with Crippen LogP contribution in [-0.4, -0.2) is 34.6 Å². The minimum Gasteiger partial charge on any atom is -0.508 e. The first-order valence-corrected chi connectivity index (χ1v) is 10.8. The molecule has 2 heterocycles. The summed E-state index contributed by atoms with van der Waals surface area (Å²) in [5.74, 6) is 0.888. The molecule has 0 bridgehead atoms. The number of fused-ring (bicyclic) bond motifs is 4. The van der Waals surface area contributed by atoms with Crippen LogP contribution in [0.25, 0.3) is 10.9 Å². The second-order valence-corrected chi connectivity index (χ2v) is 9.27. The predicted molar refractivity (Wildman–Crippen MR) is 118 cm³/mol. The van der Waals surface area contributed by atoms with Gasteiger partial charge in [-0.1, -0.05) is 34.1 Å². The zero-order valence-electron chi connectivity index (χ0n) is 15.9. The van der Waals surface area contributed by atoms with Gasteiger partial charge in [-0.05, 0) is 73.2 Å². The minimum absolute atomic E-state index is 0.0710. The van der Waals surface area contributed by atoms with E-state index in [1.807, 2.05) is 18.2 Å². The molecule has 144 valence electrons. The van der Waals surface area contributed by atoms with E-state index in [9.17, 15) is 5.11 Å². The highest BCUT2D eigenvalue weighted by molar-refractivity contribution is 9.10. The van der Waals surface area contributed by atoms with E-state index >= 15 is 0 Å². The van der Waals surface area contributed by atoms with Crippen LogP contribution in [-0.2, 0) is 18.3 Å². The number of aromatic nitrogens is 1. The lowest BCUT2D eigenvalue weighted by molar-refractivity contribution is 0.0896. The SMILES string of the molecule is C=CCN1CC[C@]2(c3cccc(O)c3)Cc3[nH]c4ccc(Br)cc4c3CC2C1. The molecule has 5 rings (SSSR count). The Morgan fingerprint density at radius 3 is 3.00 bits per heavy atom. The summed E-state index contributed by atoms with van der Waals surface area (Å²) in [6.45, 7) is 7.02. The predicted octanol–water partition coefficient (Wildman–Crippen LogP) is 5.18. The van der Waals surface area contributed by atoms with Gasteiger partial charge in [0, 0.05) is 39.6 Å². The Hall–Kier alpha value is -2.04. The number of nitrogens with zero attached hydrogens (tertiary/aromatic N) is 1. The van der Waals surface area contributed by atoms with E-state index in [0.29, 0.717) is 11.7 Å². The van der Waals surface area contributed by atoms with Gasteiger partial charge >= 0.3 is 0 Å². The van der Waals surface area contributed by atoms with Crippen molar-refractivity contribution in [2.24, 2.45) is 5.92 Å². The molecule has 0 amide bonds. The fraction of sp³-hybridized carbons (Fsp3) is 0.333. The van der Waals surface area contributed by atoms with Crippen LogP contribution < -0.4 is 0 Å². The van der Waals surface area contributed by atoms with Crippen LogP contribution >= 0.6 is 15.9 Å². The summed E-state index contributed by atoms with van der Waals surface area (Å²) >= 11 is 3.64. The van der Waals surface area contributed by atoms with Crippen LogP contribution in [0, 0.1) is 5.92 Å². The molecule has 28 heavy (non-hydrogen) atoms. The average molecular weight is 437 g/mol. The third-order valence-corrected chi connectivity index (χ3v) is 7.34. The molecule has 1 fully saturated rings. The van der Waals surface area contributed by atoms with Crippen molar-refractivity contribution in [1.29, 1.82) is 0 Å². The lowest BCUT2D eigenvalue weighted by Gasteiger charge is -2.51. The third kappa shape index (κ3) is 2.82. The van der Waals surface area contributed by atoms with Crippen molar-refractivity contribution >= 4 is 26.8 Å².